The summed E-state index contributed by atoms with van der Waals surface area (Å²) in [5, 5.41) is 0.529. The van der Waals surface area contributed by atoms with E-state index in [2.05, 4.69) is 4.72 Å². The maximum atomic E-state index is 12.5. The van der Waals surface area contributed by atoms with Crippen molar-refractivity contribution >= 4 is 38.9 Å². The Hall–Kier alpha value is -1.23. The van der Waals surface area contributed by atoms with Gasteiger partial charge in [0.05, 0.1) is 20.6 Å². The van der Waals surface area contributed by atoms with Gasteiger partial charge in [-0.05, 0) is 42.7 Å². The number of rotatable bonds is 4. The number of anilines is 1. The van der Waals surface area contributed by atoms with Gasteiger partial charge in [-0.25, -0.2) is 8.42 Å². The predicted molar refractivity (Wildman–Crippen MR) is 87.8 cm³/mol. The Morgan fingerprint density at radius 3 is 2.43 bits per heavy atom. The van der Waals surface area contributed by atoms with Crippen LogP contribution < -0.4 is 4.72 Å². The minimum atomic E-state index is -3.70. The van der Waals surface area contributed by atoms with Gasteiger partial charge in [0.25, 0.3) is 10.0 Å². The number of sulfonamides is 1. The molecule has 0 spiro atoms. The molecule has 2 rings (SSSR count). The maximum absolute atomic E-state index is 12.5. The monoisotopic (exact) mass is 343 g/mol. The third kappa shape index (κ3) is 3.51. The van der Waals surface area contributed by atoms with E-state index in [4.69, 9.17) is 23.2 Å². The van der Waals surface area contributed by atoms with Gasteiger partial charge in [-0.15, -0.1) is 0 Å². The van der Waals surface area contributed by atoms with Crippen molar-refractivity contribution in [3.63, 3.8) is 0 Å². The summed E-state index contributed by atoms with van der Waals surface area (Å²) in [7, 11) is -3.70. The van der Waals surface area contributed by atoms with Crippen molar-refractivity contribution in [2.24, 2.45) is 0 Å². The highest BCUT2D eigenvalue weighted by atomic mass is 35.5. The molecular formula is C15H15Cl2NO2S. The van der Waals surface area contributed by atoms with Crippen LogP contribution in [0.15, 0.2) is 41.3 Å². The molecule has 0 fully saturated rings. The van der Waals surface area contributed by atoms with Crippen LogP contribution in [0.3, 0.4) is 0 Å². The van der Waals surface area contributed by atoms with E-state index in [1.165, 1.54) is 18.2 Å². The van der Waals surface area contributed by atoms with Crippen LogP contribution in [-0.4, -0.2) is 8.42 Å². The molecular weight excluding hydrogens is 329 g/mol. The highest BCUT2D eigenvalue weighted by Gasteiger charge is 2.18. The van der Waals surface area contributed by atoms with Crippen molar-refractivity contribution in [3.05, 3.63) is 57.6 Å². The number of hydrogen-bond acceptors (Lipinski definition) is 2. The molecule has 3 nitrogen and oxygen atoms in total. The largest absolute Gasteiger partial charge is 0.279 e. The molecule has 112 valence electrons. The second-order valence-electron chi connectivity index (χ2n) is 4.64. The average molecular weight is 344 g/mol. The quantitative estimate of drug-likeness (QED) is 0.876. The van der Waals surface area contributed by atoms with Gasteiger partial charge < -0.3 is 0 Å². The van der Waals surface area contributed by atoms with Gasteiger partial charge in [0.1, 0.15) is 0 Å². The third-order valence-corrected chi connectivity index (χ3v) is 5.26. The Balaban J connectivity index is 2.44. The van der Waals surface area contributed by atoms with Crippen molar-refractivity contribution in [1.29, 1.82) is 0 Å². The smallest absolute Gasteiger partial charge is 0.261 e. The molecule has 0 saturated carbocycles. The van der Waals surface area contributed by atoms with E-state index in [1.807, 2.05) is 32.0 Å². The molecule has 0 aliphatic rings. The molecule has 0 radical (unpaired) electrons. The Bertz CT molecular complexity index is 773. The Labute approximate surface area is 135 Å². The van der Waals surface area contributed by atoms with Crippen LogP contribution in [0.2, 0.25) is 10.0 Å². The van der Waals surface area contributed by atoms with E-state index in [9.17, 15) is 8.42 Å². The third-order valence-electron chi connectivity index (χ3n) is 3.18. The molecule has 0 aromatic heterocycles. The first-order chi connectivity index (χ1) is 9.85. The lowest BCUT2D eigenvalue weighted by molar-refractivity contribution is 0.601. The SMILES string of the molecule is CCc1cccc(C)c1NS(=O)(=O)c1ccc(Cl)c(Cl)c1. The highest BCUT2D eigenvalue weighted by Crippen LogP contribution is 2.28. The minimum Gasteiger partial charge on any atom is -0.279 e. The second-order valence-corrected chi connectivity index (χ2v) is 7.14. The van der Waals surface area contributed by atoms with Crippen molar-refractivity contribution in [2.45, 2.75) is 25.2 Å². The van der Waals surface area contributed by atoms with E-state index in [1.54, 1.807) is 0 Å². The Kier molecular flexibility index (Phi) is 4.81. The van der Waals surface area contributed by atoms with Crippen LogP contribution in [0.4, 0.5) is 5.69 Å². The summed E-state index contributed by atoms with van der Waals surface area (Å²) in [6.45, 7) is 3.84. The van der Waals surface area contributed by atoms with Crippen molar-refractivity contribution in [2.75, 3.05) is 4.72 Å². The number of hydrogen-bond donors (Lipinski definition) is 1. The van der Waals surface area contributed by atoms with Crippen LogP contribution in [0, 0.1) is 6.92 Å². The summed E-state index contributed by atoms with van der Waals surface area (Å²) in [5.74, 6) is 0. The lowest BCUT2D eigenvalue weighted by Crippen LogP contribution is -2.15. The van der Waals surface area contributed by atoms with Gasteiger partial charge in [0.2, 0.25) is 0 Å². The highest BCUT2D eigenvalue weighted by molar-refractivity contribution is 7.92. The fourth-order valence-corrected chi connectivity index (χ4v) is 3.57. The normalized spacial score (nSPS) is 11.4. The molecule has 2 aromatic carbocycles. The molecule has 6 heteroatoms. The van der Waals surface area contributed by atoms with Crippen molar-refractivity contribution < 1.29 is 8.42 Å². The summed E-state index contributed by atoms with van der Waals surface area (Å²) in [4.78, 5) is 0.0854. The average Bonchev–Trinajstić information content (AvgIpc) is 2.43. The van der Waals surface area contributed by atoms with E-state index in [-0.39, 0.29) is 9.92 Å². The first-order valence-corrected chi connectivity index (χ1v) is 8.65. The molecule has 0 saturated heterocycles. The van der Waals surface area contributed by atoms with Crippen molar-refractivity contribution in [3.8, 4) is 0 Å². The maximum Gasteiger partial charge on any atom is 0.261 e. The summed E-state index contributed by atoms with van der Waals surface area (Å²) < 4.78 is 27.6. The number of para-hydroxylation sites is 1. The Morgan fingerprint density at radius 1 is 1.10 bits per heavy atom. The summed E-state index contributed by atoms with van der Waals surface area (Å²) in [6.07, 6.45) is 0.737. The molecule has 1 N–H and O–H groups in total. The first kappa shape index (κ1) is 16.1. The summed E-state index contributed by atoms with van der Waals surface area (Å²) in [5.41, 5.74) is 2.43. The zero-order chi connectivity index (χ0) is 15.6. The van der Waals surface area contributed by atoms with Gasteiger partial charge in [-0.3, -0.25) is 4.72 Å². The molecule has 0 unspecified atom stereocenters. The molecule has 0 bridgehead atoms. The van der Waals surface area contributed by atoms with Gasteiger partial charge in [0, 0.05) is 0 Å². The van der Waals surface area contributed by atoms with E-state index in [0.717, 1.165) is 17.5 Å². The van der Waals surface area contributed by atoms with Gasteiger partial charge in [0.15, 0.2) is 0 Å². The van der Waals surface area contributed by atoms with Crippen LogP contribution in [-0.2, 0) is 16.4 Å². The molecule has 21 heavy (non-hydrogen) atoms. The van der Waals surface area contributed by atoms with E-state index in [0.29, 0.717) is 10.7 Å². The van der Waals surface area contributed by atoms with E-state index < -0.39 is 10.0 Å². The van der Waals surface area contributed by atoms with Crippen LogP contribution in [0.5, 0.6) is 0 Å². The fourth-order valence-electron chi connectivity index (χ4n) is 2.01. The summed E-state index contributed by atoms with van der Waals surface area (Å²) >= 11 is 11.7. The van der Waals surface area contributed by atoms with E-state index >= 15 is 0 Å². The first-order valence-electron chi connectivity index (χ1n) is 6.41. The van der Waals surface area contributed by atoms with Crippen LogP contribution in [0.1, 0.15) is 18.1 Å². The molecule has 0 heterocycles. The number of aryl methyl sites for hydroxylation is 2. The molecule has 0 aliphatic carbocycles. The topological polar surface area (TPSA) is 46.2 Å². The lowest BCUT2D eigenvalue weighted by atomic mass is 10.1. The molecule has 2 aromatic rings. The van der Waals surface area contributed by atoms with Crippen molar-refractivity contribution in [1.82, 2.24) is 0 Å². The number of nitrogens with one attached hydrogen (secondary N) is 1. The second kappa shape index (κ2) is 6.26. The van der Waals surface area contributed by atoms with Gasteiger partial charge in [-0.1, -0.05) is 48.3 Å². The lowest BCUT2D eigenvalue weighted by Gasteiger charge is -2.14. The zero-order valence-electron chi connectivity index (χ0n) is 11.7. The molecule has 0 amide bonds. The predicted octanol–water partition coefficient (Wildman–Crippen LogP) is 4.67. The standard InChI is InChI=1S/C15H15Cl2NO2S/c1-3-11-6-4-5-10(2)15(11)18-21(19,20)12-7-8-13(16)14(17)9-12/h4-9,18H,3H2,1-2H3. The summed E-state index contributed by atoms with van der Waals surface area (Å²) in [6, 6.07) is 9.92. The Morgan fingerprint density at radius 2 is 1.81 bits per heavy atom. The number of benzene rings is 2. The fraction of sp³-hybridized carbons (Fsp3) is 0.200. The molecule has 0 aliphatic heterocycles. The zero-order valence-corrected chi connectivity index (χ0v) is 14.0. The van der Waals surface area contributed by atoms with Gasteiger partial charge in [-0.2, -0.15) is 0 Å². The minimum absolute atomic E-state index is 0.0854. The van der Waals surface area contributed by atoms with Crippen LogP contribution >= 0.6 is 23.2 Å². The van der Waals surface area contributed by atoms with Gasteiger partial charge >= 0.3 is 0 Å². The molecule has 0 atom stereocenters. The van der Waals surface area contributed by atoms with Crippen LogP contribution in [0.25, 0.3) is 0 Å². The number of halogens is 2.